The maximum atomic E-state index is 10.8. The zero-order valence-corrected chi connectivity index (χ0v) is 15.2. The zero-order valence-electron chi connectivity index (χ0n) is 15.2. The summed E-state index contributed by atoms with van der Waals surface area (Å²) in [4.78, 5) is 27.2. The van der Waals surface area contributed by atoms with Gasteiger partial charge in [-0.2, -0.15) is 0 Å². The van der Waals surface area contributed by atoms with Crippen LogP contribution in [0.2, 0.25) is 0 Å². The van der Waals surface area contributed by atoms with E-state index in [-0.39, 0.29) is 5.78 Å². The Hall–Kier alpha value is -2.63. The highest BCUT2D eigenvalue weighted by molar-refractivity contribution is 5.90. The van der Waals surface area contributed by atoms with Crippen LogP contribution < -0.4 is 0 Å². The Balaban J connectivity index is 0.000000243. The summed E-state index contributed by atoms with van der Waals surface area (Å²) in [6.07, 6.45) is 0. The van der Waals surface area contributed by atoms with E-state index in [0.717, 1.165) is 22.8 Å². The molecule has 0 spiro atoms. The van der Waals surface area contributed by atoms with Gasteiger partial charge >= 0.3 is 0 Å². The molecule has 0 bridgehead atoms. The zero-order chi connectivity index (χ0) is 18.3. The van der Waals surface area contributed by atoms with E-state index in [1.807, 2.05) is 46.8 Å². The molecule has 128 valence electrons. The highest BCUT2D eigenvalue weighted by Gasteiger charge is 2.04. The third-order valence-corrected chi connectivity index (χ3v) is 2.85. The molecular formula is C18H24N4O2. The molecule has 0 unspecified atom stereocenters. The Bertz CT molecular complexity index is 701. The number of ether oxygens (including phenoxy) is 1. The molecule has 0 fully saturated rings. The number of hydrogen-bond acceptors (Lipinski definition) is 6. The fraction of sp³-hybridized carbons (Fsp3) is 0.389. The Labute approximate surface area is 143 Å². The van der Waals surface area contributed by atoms with Gasteiger partial charge in [-0.3, -0.25) is 4.79 Å². The van der Waals surface area contributed by atoms with Crippen molar-refractivity contribution in [3.63, 3.8) is 0 Å². The summed E-state index contributed by atoms with van der Waals surface area (Å²) >= 11 is 0. The number of rotatable bonds is 4. The minimum absolute atomic E-state index is 0.0863. The van der Waals surface area contributed by atoms with Gasteiger partial charge in [0.15, 0.2) is 23.2 Å². The Morgan fingerprint density at radius 1 is 0.917 bits per heavy atom. The van der Waals surface area contributed by atoms with E-state index in [2.05, 4.69) is 26.5 Å². The molecule has 0 atom stereocenters. The van der Waals surface area contributed by atoms with Gasteiger partial charge in [0.25, 0.3) is 0 Å². The summed E-state index contributed by atoms with van der Waals surface area (Å²) in [6, 6.07) is 3.76. The fourth-order valence-corrected chi connectivity index (χ4v) is 1.97. The van der Waals surface area contributed by atoms with Gasteiger partial charge in [0.1, 0.15) is 0 Å². The van der Waals surface area contributed by atoms with Crippen LogP contribution in [0.25, 0.3) is 5.76 Å². The largest absolute Gasteiger partial charge is 0.491 e. The van der Waals surface area contributed by atoms with Crippen molar-refractivity contribution in [3.8, 4) is 0 Å². The molecular weight excluding hydrogens is 304 g/mol. The maximum absolute atomic E-state index is 10.8. The smallest absolute Gasteiger partial charge is 0.196 e. The molecule has 0 aliphatic rings. The van der Waals surface area contributed by atoms with E-state index in [0.29, 0.717) is 24.0 Å². The number of hydrogen-bond donors (Lipinski definition) is 0. The van der Waals surface area contributed by atoms with Gasteiger partial charge in [-0.25, -0.2) is 19.9 Å². The van der Waals surface area contributed by atoms with E-state index in [4.69, 9.17) is 4.74 Å². The summed E-state index contributed by atoms with van der Waals surface area (Å²) in [6.45, 7) is 15.3. The standard InChI is InChI=1S/C10H14N2O.C8H10N2O/c1-5-13-9(4)10-11-7(2)6-8(3)12-10;1-5-4-6(2)10-8(9-5)7(3)11/h6H,4-5H2,1-3H3;4H,1-3H3. The average Bonchev–Trinajstić information content (AvgIpc) is 2.46. The molecule has 0 N–H and O–H groups in total. The third kappa shape index (κ3) is 6.24. The number of ketones is 1. The highest BCUT2D eigenvalue weighted by Crippen LogP contribution is 2.09. The number of aromatic nitrogens is 4. The molecule has 2 heterocycles. The average molecular weight is 328 g/mol. The van der Waals surface area contributed by atoms with Gasteiger partial charge in [0.2, 0.25) is 0 Å². The van der Waals surface area contributed by atoms with Crippen LogP contribution in [-0.2, 0) is 4.74 Å². The van der Waals surface area contributed by atoms with Crippen molar-refractivity contribution in [1.29, 1.82) is 0 Å². The van der Waals surface area contributed by atoms with Crippen molar-refractivity contribution >= 4 is 11.5 Å². The fourth-order valence-electron chi connectivity index (χ4n) is 1.97. The van der Waals surface area contributed by atoms with E-state index < -0.39 is 0 Å². The Morgan fingerprint density at radius 2 is 1.29 bits per heavy atom. The van der Waals surface area contributed by atoms with Crippen molar-refractivity contribution in [2.45, 2.75) is 41.5 Å². The van der Waals surface area contributed by atoms with Gasteiger partial charge in [-0.15, -0.1) is 0 Å². The molecule has 24 heavy (non-hydrogen) atoms. The van der Waals surface area contributed by atoms with Crippen molar-refractivity contribution in [2.24, 2.45) is 0 Å². The van der Waals surface area contributed by atoms with Crippen LogP contribution >= 0.6 is 0 Å². The molecule has 0 saturated carbocycles. The normalized spacial score (nSPS) is 9.75. The minimum atomic E-state index is -0.0863. The van der Waals surface area contributed by atoms with Gasteiger partial charge in [-0.1, -0.05) is 6.58 Å². The summed E-state index contributed by atoms with van der Waals surface area (Å²) in [7, 11) is 0. The first-order chi connectivity index (χ1) is 11.2. The van der Waals surface area contributed by atoms with Crippen LogP contribution in [0.3, 0.4) is 0 Å². The molecule has 0 aromatic carbocycles. The van der Waals surface area contributed by atoms with Gasteiger partial charge < -0.3 is 4.74 Å². The lowest BCUT2D eigenvalue weighted by Crippen LogP contribution is -2.03. The number of carbonyl (C=O) groups is 1. The van der Waals surface area contributed by atoms with Gasteiger partial charge in [0, 0.05) is 29.7 Å². The van der Waals surface area contributed by atoms with Crippen LogP contribution in [-0.4, -0.2) is 32.3 Å². The van der Waals surface area contributed by atoms with Gasteiger partial charge in [0.05, 0.1) is 6.61 Å². The molecule has 0 amide bonds. The number of nitrogens with zero attached hydrogens (tertiary/aromatic N) is 4. The molecule has 0 aliphatic heterocycles. The molecule has 2 aromatic heterocycles. The number of Topliss-reactive ketones (excluding diaryl/α,β-unsaturated/α-hetero) is 1. The van der Waals surface area contributed by atoms with E-state index in [9.17, 15) is 4.79 Å². The first-order valence-corrected chi connectivity index (χ1v) is 7.70. The Kier molecular flexibility index (Phi) is 7.17. The monoisotopic (exact) mass is 328 g/mol. The van der Waals surface area contributed by atoms with Gasteiger partial charge in [-0.05, 0) is 46.8 Å². The lowest BCUT2D eigenvalue weighted by molar-refractivity contribution is 0.100. The lowest BCUT2D eigenvalue weighted by atomic mass is 10.3. The SMILES string of the molecule is C=C(OCC)c1nc(C)cc(C)n1.CC(=O)c1nc(C)cc(C)n1. The second-order valence-electron chi connectivity index (χ2n) is 5.36. The van der Waals surface area contributed by atoms with E-state index >= 15 is 0 Å². The van der Waals surface area contributed by atoms with Crippen LogP contribution in [0.4, 0.5) is 0 Å². The molecule has 6 nitrogen and oxygen atoms in total. The molecule has 0 aliphatic carbocycles. The molecule has 0 radical (unpaired) electrons. The van der Waals surface area contributed by atoms with Crippen LogP contribution in [0, 0.1) is 27.7 Å². The molecule has 0 saturated heterocycles. The van der Waals surface area contributed by atoms with Crippen molar-refractivity contribution in [1.82, 2.24) is 19.9 Å². The summed E-state index contributed by atoms with van der Waals surface area (Å²) in [5, 5.41) is 0. The number of aryl methyl sites for hydroxylation is 4. The summed E-state index contributed by atoms with van der Waals surface area (Å²) in [5.41, 5.74) is 3.54. The Morgan fingerprint density at radius 3 is 1.62 bits per heavy atom. The maximum Gasteiger partial charge on any atom is 0.196 e. The van der Waals surface area contributed by atoms with Crippen LogP contribution in [0.1, 0.15) is 53.1 Å². The highest BCUT2D eigenvalue weighted by atomic mass is 16.5. The predicted molar refractivity (Wildman–Crippen MR) is 93.7 cm³/mol. The number of carbonyl (C=O) groups excluding carboxylic acids is 1. The summed E-state index contributed by atoms with van der Waals surface area (Å²) < 4.78 is 5.22. The van der Waals surface area contributed by atoms with Crippen LogP contribution in [0.5, 0.6) is 0 Å². The van der Waals surface area contributed by atoms with Crippen molar-refractivity contribution in [2.75, 3.05) is 6.61 Å². The van der Waals surface area contributed by atoms with Crippen LogP contribution in [0.15, 0.2) is 18.7 Å². The molecule has 6 heteroatoms. The third-order valence-electron chi connectivity index (χ3n) is 2.85. The second-order valence-corrected chi connectivity index (χ2v) is 5.36. The minimum Gasteiger partial charge on any atom is -0.491 e. The quantitative estimate of drug-likeness (QED) is 0.632. The van der Waals surface area contributed by atoms with E-state index in [1.54, 1.807) is 0 Å². The van der Waals surface area contributed by atoms with Crippen molar-refractivity contribution < 1.29 is 9.53 Å². The predicted octanol–water partition coefficient (Wildman–Crippen LogP) is 3.40. The topological polar surface area (TPSA) is 77.9 Å². The lowest BCUT2D eigenvalue weighted by Gasteiger charge is -2.06. The second kappa shape index (κ2) is 8.86. The molecule has 2 aromatic rings. The van der Waals surface area contributed by atoms with E-state index in [1.165, 1.54) is 6.92 Å². The first-order valence-electron chi connectivity index (χ1n) is 7.70. The van der Waals surface area contributed by atoms with Crippen molar-refractivity contribution in [3.05, 3.63) is 53.1 Å². The molecule has 2 rings (SSSR count). The first kappa shape index (κ1) is 19.4. The summed E-state index contributed by atoms with van der Waals surface area (Å²) in [5.74, 6) is 1.34.